The van der Waals surface area contributed by atoms with Gasteiger partial charge in [0.25, 0.3) is 0 Å². The Morgan fingerprint density at radius 3 is 1.93 bits per heavy atom. The first-order valence-corrected chi connectivity index (χ1v) is 10.7. The number of carbonyl (C=O) groups is 2. The molecule has 0 spiro atoms. The molecule has 4 atom stereocenters. The van der Waals surface area contributed by atoms with Gasteiger partial charge in [-0.2, -0.15) is 0 Å². The molecule has 1 fully saturated rings. The van der Waals surface area contributed by atoms with Crippen molar-refractivity contribution in [2.75, 3.05) is 5.75 Å². The zero-order valence-electron chi connectivity index (χ0n) is 16.4. The van der Waals surface area contributed by atoms with Crippen LogP contribution in [0.5, 0.6) is 0 Å². The number of benzene rings is 2. The van der Waals surface area contributed by atoms with Crippen LogP contribution < -0.4 is 0 Å². The van der Waals surface area contributed by atoms with E-state index in [4.69, 9.17) is 14.2 Å². The second kappa shape index (κ2) is 11.3. The highest BCUT2D eigenvalue weighted by Crippen LogP contribution is 2.31. The van der Waals surface area contributed by atoms with E-state index in [2.05, 4.69) is 0 Å². The molecular weight excluding hydrogens is 388 g/mol. The van der Waals surface area contributed by atoms with E-state index < -0.39 is 6.10 Å². The first-order chi connectivity index (χ1) is 14.2. The van der Waals surface area contributed by atoms with Crippen LogP contribution in [-0.4, -0.2) is 41.6 Å². The van der Waals surface area contributed by atoms with Crippen LogP contribution in [0.1, 0.15) is 24.5 Å². The number of aldehydes is 1. The fourth-order valence-electron chi connectivity index (χ4n) is 3.36. The van der Waals surface area contributed by atoms with Gasteiger partial charge in [0.15, 0.2) is 5.12 Å². The van der Waals surface area contributed by atoms with Gasteiger partial charge in [-0.25, -0.2) is 0 Å². The zero-order valence-corrected chi connectivity index (χ0v) is 17.3. The highest BCUT2D eigenvalue weighted by molar-refractivity contribution is 8.13. The smallest absolute Gasteiger partial charge is 0.185 e. The number of hydrogen-bond donors (Lipinski definition) is 0. The summed E-state index contributed by atoms with van der Waals surface area (Å²) >= 11 is 1.20. The monoisotopic (exact) mass is 414 g/mol. The maximum Gasteiger partial charge on any atom is 0.185 e. The van der Waals surface area contributed by atoms with Crippen LogP contribution in [0.3, 0.4) is 0 Å². The molecule has 1 heterocycles. The SMILES string of the molecule is CC(=O)SC[C@@H]1O[C@@H](CC=O)[C@H](OCc2ccccc2)[C@H]1OCc1ccccc1. The van der Waals surface area contributed by atoms with Gasteiger partial charge in [0, 0.05) is 19.1 Å². The predicted octanol–water partition coefficient (Wildman–Crippen LogP) is 3.79. The van der Waals surface area contributed by atoms with Gasteiger partial charge in [0.05, 0.1) is 25.4 Å². The van der Waals surface area contributed by atoms with E-state index in [0.717, 1.165) is 17.4 Å². The third-order valence-corrected chi connectivity index (χ3v) is 5.66. The fourth-order valence-corrected chi connectivity index (χ4v) is 4.03. The molecule has 0 aromatic heterocycles. The Kier molecular flexibility index (Phi) is 8.43. The van der Waals surface area contributed by atoms with Gasteiger partial charge >= 0.3 is 0 Å². The van der Waals surface area contributed by atoms with Gasteiger partial charge in [-0.15, -0.1) is 0 Å². The zero-order chi connectivity index (χ0) is 20.5. The molecule has 0 amide bonds. The molecule has 0 radical (unpaired) electrons. The summed E-state index contributed by atoms with van der Waals surface area (Å²) in [5.74, 6) is 0.468. The van der Waals surface area contributed by atoms with Crippen LogP contribution >= 0.6 is 11.8 Å². The average Bonchev–Trinajstić information content (AvgIpc) is 3.07. The van der Waals surface area contributed by atoms with Crippen molar-refractivity contribution in [2.24, 2.45) is 0 Å². The quantitative estimate of drug-likeness (QED) is 0.551. The lowest BCUT2D eigenvalue weighted by Crippen LogP contribution is -2.38. The summed E-state index contributed by atoms with van der Waals surface area (Å²) in [7, 11) is 0. The van der Waals surface area contributed by atoms with Crippen LogP contribution in [0.25, 0.3) is 0 Å². The summed E-state index contributed by atoms with van der Waals surface area (Å²) < 4.78 is 18.5. The molecule has 154 valence electrons. The third kappa shape index (κ3) is 6.51. The van der Waals surface area contributed by atoms with Crippen LogP contribution in [0.4, 0.5) is 0 Å². The van der Waals surface area contributed by atoms with E-state index >= 15 is 0 Å². The normalized spacial score (nSPS) is 23.8. The minimum absolute atomic E-state index is 0.0241. The summed E-state index contributed by atoms with van der Waals surface area (Å²) in [4.78, 5) is 22.7. The molecule has 2 aromatic rings. The Balaban J connectivity index is 1.73. The van der Waals surface area contributed by atoms with Gasteiger partial charge in [-0.1, -0.05) is 72.4 Å². The molecule has 1 aliphatic heterocycles. The van der Waals surface area contributed by atoms with Crippen molar-refractivity contribution in [3.63, 3.8) is 0 Å². The van der Waals surface area contributed by atoms with E-state index in [-0.39, 0.29) is 29.8 Å². The van der Waals surface area contributed by atoms with Crippen LogP contribution in [0.15, 0.2) is 60.7 Å². The maximum atomic E-state index is 11.5. The highest BCUT2D eigenvalue weighted by Gasteiger charge is 2.46. The number of carbonyl (C=O) groups excluding carboxylic acids is 2. The molecular formula is C23H26O5S. The second-order valence-electron chi connectivity index (χ2n) is 6.94. The van der Waals surface area contributed by atoms with Gasteiger partial charge in [0.2, 0.25) is 0 Å². The number of thioether (sulfide) groups is 1. The van der Waals surface area contributed by atoms with Crippen molar-refractivity contribution < 1.29 is 23.8 Å². The molecule has 1 saturated heterocycles. The molecule has 5 nitrogen and oxygen atoms in total. The largest absolute Gasteiger partial charge is 0.368 e. The first kappa shape index (κ1) is 21.7. The standard InChI is InChI=1S/C23H26O5S/c1-17(25)29-16-21-23(27-15-19-10-6-3-7-11-19)22(20(28-21)12-13-24)26-14-18-8-4-2-5-9-18/h2-11,13,20-23H,12,14-16H2,1H3/t20-,21-,22-,23-/m0/s1. The Morgan fingerprint density at radius 1 is 0.931 bits per heavy atom. The van der Waals surface area contributed by atoms with E-state index in [1.54, 1.807) is 0 Å². The van der Waals surface area contributed by atoms with Gasteiger partial charge in [-0.3, -0.25) is 4.79 Å². The number of ether oxygens (including phenoxy) is 3. The van der Waals surface area contributed by atoms with Crippen LogP contribution in [0.2, 0.25) is 0 Å². The van der Waals surface area contributed by atoms with Gasteiger partial charge in [-0.05, 0) is 11.1 Å². The fraction of sp³-hybridized carbons (Fsp3) is 0.391. The van der Waals surface area contributed by atoms with E-state index in [9.17, 15) is 9.59 Å². The predicted molar refractivity (Wildman–Crippen MR) is 113 cm³/mol. The summed E-state index contributed by atoms with van der Waals surface area (Å²) in [5.41, 5.74) is 2.09. The Labute approximate surface area is 175 Å². The molecule has 29 heavy (non-hydrogen) atoms. The number of rotatable bonds is 10. The Hall–Kier alpha value is -1.99. The topological polar surface area (TPSA) is 61.8 Å². The van der Waals surface area contributed by atoms with Crippen molar-refractivity contribution in [2.45, 2.75) is 51.0 Å². The summed E-state index contributed by atoms with van der Waals surface area (Å²) in [6.07, 6.45) is -0.394. The number of hydrogen-bond acceptors (Lipinski definition) is 6. The second-order valence-corrected chi connectivity index (χ2v) is 8.14. The molecule has 0 bridgehead atoms. The first-order valence-electron chi connectivity index (χ1n) is 9.71. The molecule has 2 aromatic carbocycles. The van der Waals surface area contributed by atoms with Crippen LogP contribution in [-0.2, 0) is 37.0 Å². The molecule has 6 heteroatoms. The molecule has 0 unspecified atom stereocenters. The van der Waals surface area contributed by atoms with Crippen molar-refractivity contribution >= 4 is 23.2 Å². The third-order valence-electron chi connectivity index (χ3n) is 4.76. The summed E-state index contributed by atoms with van der Waals surface area (Å²) in [5, 5.41) is 0.0241. The van der Waals surface area contributed by atoms with Crippen molar-refractivity contribution in [1.82, 2.24) is 0 Å². The molecule has 3 rings (SSSR count). The Morgan fingerprint density at radius 2 is 1.45 bits per heavy atom. The van der Waals surface area contributed by atoms with Crippen molar-refractivity contribution in [3.05, 3.63) is 71.8 Å². The highest BCUT2D eigenvalue weighted by atomic mass is 32.2. The minimum Gasteiger partial charge on any atom is -0.368 e. The lowest BCUT2D eigenvalue weighted by molar-refractivity contribution is -0.113. The van der Waals surface area contributed by atoms with Gasteiger partial charge < -0.3 is 19.0 Å². The van der Waals surface area contributed by atoms with E-state index in [1.807, 2.05) is 60.7 Å². The minimum atomic E-state index is -0.394. The van der Waals surface area contributed by atoms with Gasteiger partial charge in [0.1, 0.15) is 18.5 Å². The Bertz CT molecular complexity index is 767. The summed E-state index contributed by atoms with van der Waals surface area (Å²) in [6.45, 7) is 2.35. The van der Waals surface area contributed by atoms with Crippen LogP contribution in [0, 0.1) is 0 Å². The molecule has 0 N–H and O–H groups in total. The molecule has 0 saturated carbocycles. The lowest BCUT2D eigenvalue weighted by Gasteiger charge is -2.24. The summed E-state index contributed by atoms with van der Waals surface area (Å²) in [6, 6.07) is 19.7. The lowest BCUT2D eigenvalue weighted by atomic mass is 10.1. The molecule has 0 aliphatic carbocycles. The van der Waals surface area contributed by atoms with Crippen molar-refractivity contribution in [1.29, 1.82) is 0 Å². The maximum absolute atomic E-state index is 11.5. The van der Waals surface area contributed by atoms with Crippen molar-refractivity contribution in [3.8, 4) is 0 Å². The van der Waals surface area contributed by atoms with E-state index in [0.29, 0.717) is 19.0 Å². The molecule has 1 aliphatic rings. The average molecular weight is 415 g/mol. The van der Waals surface area contributed by atoms with E-state index in [1.165, 1.54) is 18.7 Å².